The van der Waals surface area contributed by atoms with Gasteiger partial charge in [-0.15, -0.1) is 0 Å². The van der Waals surface area contributed by atoms with E-state index in [1.54, 1.807) is 50.2 Å². The van der Waals surface area contributed by atoms with Crippen LogP contribution in [0.1, 0.15) is 25.0 Å². The van der Waals surface area contributed by atoms with Crippen LogP contribution in [0.4, 0.5) is 0 Å². The van der Waals surface area contributed by atoms with Gasteiger partial charge in [-0.2, -0.15) is 12.6 Å². The Hall–Kier alpha value is -3.57. The summed E-state index contributed by atoms with van der Waals surface area (Å²) in [6, 6.07) is 10.7. The number of carbonyl (C=O) groups is 4. The highest BCUT2D eigenvalue weighted by Gasteiger charge is 2.31. The zero-order chi connectivity index (χ0) is 27.5. The zero-order valence-electron chi connectivity index (χ0n) is 20.8. The number of nitrogens with two attached hydrogens (primary N) is 1. The SMILES string of the molecule is CC(C)C(NC(=O)C(Cc1ccc(O)cc1)NC(=O)C(Cc1ccccc1)NC(=O)C(N)CS)C(=O)O. The lowest BCUT2D eigenvalue weighted by atomic mass is 10.0. The van der Waals surface area contributed by atoms with Crippen molar-refractivity contribution in [3.63, 3.8) is 0 Å². The second-order valence-corrected chi connectivity index (χ2v) is 9.41. The van der Waals surface area contributed by atoms with Crippen LogP contribution in [-0.4, -0.2) is 63.8 Å². The highest BCUT2D eigenvalue weighted by molar-refractivity contribution is 7.80. The van der Waals surface area contributed by atoms with E-state index in [0.29, 0.717) is 5.56 Å². The average molecular weight is 531 g/mol. The molecule has 0 fully saturated rings. The molecule has 0 heterocycles. The van der Waals surface area contributed by atoms with Gasteiger partial charge >= 0.3 is 5.97 Å². The summed E-state index contributed by atoms with van der Waals surface area (Å²) in [6.45, 7) is 3.31. The summed E-state index contributed by atoms with van der Waals surface area (Å²) < 4.78 is 0. The van der Waals surface area contributed by atoms with Crippen molar-refractivity contribution in [1.29, 1.82) is 0 Å². The third-order valence-corrected chi connectivity index (χ3v) is 6.08. The molecule has 0 aromatic heterocycles. The summed E-state index contributed by atoms with van der Waals surface area (Å²) in [7, 11) is 0. The van der Waals surface area contributed by atoms with Crippen molar-refractivity contribution in [2.75, 3.05) is 5.75 Å². The van der Waals surface area contributed by atoms with Crippen molar-refractivity contribution >= 4 is 36.3 Å². The van der Waals surface area contributed by atoms with Gasteiger partial charge in [0.25, 0.3) is 0 Å². The molecule has 7 N–H and O–H groups in total. The number of carbonyl (C=O) groups excluding carboxylic acids is 3. The fraction of sp³-hybridized carbons (Fsp3) is 0.385. The molecule has 0 aliphatic rings. The second-order valence-electron chi connectivity index (χ2n) is 9.04. The normalized spacial score (nSPS) is 14.2. The fourth-order valence-electron chi connectivity index (χ4n) is 3.54. The van der Waals surface area contributed by atoms with E-state index < -0.39 is 53.8 Å². The van der Waals surface area contributed by atoms with Gasteiger partial charge in [-0.05, 0) is 29.2 Å². The molecule has 3 amide bonds. The highest BCUT2D eigenvalue weighted by atomic mass is 32.1. The van der Waals surface area contributed by atoms with Crippen molar-refractivity contribution < 1.29 is 29.4 Å². The number of aromatic hydroxyl groups is 1. The Morgan fingerprint density at radius 1 is 0.811 bits per heavy atom. The van der Waals surface area contributed by atoms with Crippen LogP contribution in [0.25, 0.3) is 0 Å². The van der Waals surface area contributed by atoms with E-state index in [-0.39, 0.29) is 24.3 Å². The van der Waals surface area contributed by atoms with Crippen molar-refractivity contribution in [1.82, 2.24) is 16.0 Å². The maximum Gasteiger partial charge on any atom is 0.326 e. The van der Waals surface area contributed by atoms with Crippen molar-refractivity contribution in [2.24, 2.45) is 11.7 Å². The molecule has 4 unspecified atom stereocenters. The molecule has 0 aliphatic heterocycles. The van der Waals surface area contributed by atoms with Crippen molar-refractivity contribution in [2.45, 2.75) is 50.9 Å². The van der Waals surface area contributed by atoms with Gasteiger partial charge in [0.1, 0.15) is 23.9 Å². The standard InChI is InChI=1S/C26H34N4O6S/c1-15(2)22(26(35)36)30-25(34)21(13-17-8-10-18(31)11-9-17)29-24(33)20(28-23(32)19(27)14-37)12-16-6-4-3-5-7-16/h3-11,15,19-22,31,37H,12-14,27H2,1-2H3,(H,28,32)(H,29,33)(H,30,34)(H,35,36). The molecule has 2 aromatic carbocycles. The van der Waals surface area contributed by atoms with E-state index in [2.05, 4.69) is 28.6 Å². The van der Waals surface area contributed by atoms with Crippen LogP contribution in [0.3, 0.4) is 0 Å². The third-order valence-electron chi connectivity index (χ3n) is 5.69. The fourth-order valence-corrected chi connectivity index (χ4v) is 3.70. The molecular formula is C26H34N4O6S. The average Bonchev–Trinajstić information content (AvgIpc) is 2.87. The first-order valence-electron chi connectivity index (χ1n) is 11.8. The molecule has 37 heavy (non-hydrogen) atoms. The number of amides is 3. The molecular weight excluding hydrogens is 496 g/mol. The molecule has 10 nitrogen and oxygen atoms in total. The van der Waals surface area contributed by atoms with Gasteiger partial charge in [0, 0.05) is 18.6 Å². The second kappa shape index (κ2) is 14.2. The Balaban J connectivity index is 2.31. The Morgan fingerprint density at radius 2 is 1.30 bits per heavy atom. The molecule has 4 atom stereocenters. The van der Waals surface area contributed by atoms with Gasteiger partial charge in [-0.1, -0.05) is 56.3 Å². The van der Waals surface area contributed by atoms with Crippen LogP contribution in [0.2, 0.25) is 0 Å². The Bertz CT molecular complexity index is 1060. The number of rotatable bonds is 13. The number of aliphatic carboxylic acids is 1. The maximum atomic E-state index is 13.4. The van der Waals surface area contributed by atoms with Gasteiger partial charge < -0.3 is 31.9 Å². The molecule has 0 spiro atoms. The van der Waals surface area contributed by atoms with Gasteiger partial charge in [-0.3, -0.25) is 14.4 Å². The lowest BCUT2D eigenvalue weighted by Crippen LogP contribution is -2.58. The molecule has 2 rings (SSSR count). The summed E-state index contributed by atoms with van der Waals surface area (Å²) >= 11 is 4.03. The van der Waals surface area contributed by atoms with Crippen LogP contribution in [0, 0.1) is 5.92 Å². The molecule has 200 valence electrons. The smallest absolute Gasteiger partial charge is 0.326 e. The van der Waals surface area contributed by atoms with Crippen LogP contribution < -0.4 is 21.7 Å². The Kier molecular flexibility index (Phi) is 11.4. The quantitative estimate of drug-likeness (QED) is 0.186. The van der Waals surface area contributed by atoms with Gasteiger partial charge in [0.2, 0.25) is 17.7 Å². The number of hydrogen-bond donors (Lipinski definition) is 7. The first kappa shape index (κ1) is 29.7. The molecule has 0 saturated heterocycles. The minimum atomic E-state index is -1.20. The van der Waals surface area contributed by atoms with Crippen molar-refractivity contribution in [3.8, 4) is 5.75 Å². The summed E-state index contributed by atoms with van der Waals surface area (Å²) in [5.41, 5.74) is 7.17. The number of carboxylic acid groups (broad SMARTS) is 1. The van der Waals surface area contributed by atoms with Gasteiger partial charge in [-0.25, -0.2) is 4.79 Å². The lowest BCUT2D eigenvalue weighted by molar-refractivity contribution is -0.143. The van der Waals surface area contributed by atoms with Crippen LogP contribution in [0.5, 0.6) is 5.75 Å². The van der Waals surface area contributed by atoms with E-state index in [9.17, 15) is 29.4 Å². The van der Waals surface area contributed by atoms with E-state index in [1.165, 1.54) is 12.1 Å². The monoisotopic (exact) mass is 530 g/mol. The third kappa shape index (κ3) is 9.43. The lowest BCUT2D eigenvalue weighted by Gasteiger charge is -2.26. The van der Waals surface area contributed by atoms with Crippen LogP contribution in [0.15, 0.2) is 54.6 Å². The Morgan fingerprint density at radius 3 is 1.78 bits per heavy atom. The van der Waals surface area contributed by atoms with Crippen molar-refractivity contribution in [3.05, 3.63) is 65.7 Å². The summed E-state index contributed by atoms with van der Waals surface area (Å²) in [5.74, 6) is -3.41. The number of carboxylic acids is 1. The van der Waals surface area contributed by atoms with Crippen LogP contribution >= 0.6 is 12.6 Å². The highest BCUT2D eigenvalue weighted by Crippen LogP contribution is 2.13. The maximum absolute atomic E-state index is 13.4. The first-order chi connectivity index (χ1) is 17.5. The van der Waals surface area contributed by atoms with Crippen LogP contribution in [-0.2, 0) is 32.0 Å². The first-order valence-corrected chi connectivity index (χ1v) is 12.5. The number of phenols is 1. The number of benzene rings is 2. The molecule has 0 saturated carbocycles. The molecule has 0 aliphatic carbocycles. The predicted molar refractivity (Wildman–Crippen MR) is 142 cm³/mol. The summed E-state index contributed by atoms with van der Waals surface area (Å²) in [6.07, 6.45) is 0.152. The molecule has 2 aromatic rings. The number of thiol groups is 1. The molecule has 0 radical (unpaired) electrons. The number of phenolic OH excluding ortho intramolecular Hbond substituents is 1. The van der Waals surface area contributed by atoms with Gasteiger partial charge in [0.15, 0.2) is 0 Å². The molecule has 0 bridgehead atoms. The summed E-state index contributed by atoms with van der Waals surface area (Å²) in [5, 5.41) is 26.9. The van der Waals surface area contributed by atoms with E-state index >= 15 is 0 Å². The van der Waals surface area contributed by atoms with E-state index in [0.717, 1.165) is 5.56 Å². The van der Waals surface area contributed by atoms with Gasteiger partial charge in [0.05, 0.1) is 6.04 Å². The number of hydrogen-bond acceptors (Lipinski definition) is 7. The minimum absolute atomic E-state index is 0.0183. The van der Waals surface area contributed by atoms with E-state index in [1.807, 2.05) is 6.07 Å². The van der Waals surface area contributed by atoms with E-state index in [4.69, 9.17) is 5.73 Å². The predicted octanol–water partition coefficient (Wildman–Crippen LogP) is 0.630. The largest absolute Gasteiger partial charge is 0.508 e. The Labute approximate surface area is 221 Å². The number of nitrogens with one attached hydrogen (secondary N) is 3. The minimum Gasteiger partial charge on any atom is -0.508 e. The summed E-state index contributed by atoms with van der Waals surface area (Å²) in [4.78, 5) is 50.7. The zero-order valence-corrected chi connectivity index (χ0v) is 21.7. The molecule has 11 heteroatoms. The topological polar surface area (TPSA) is 171 Å².